The van der Waals surface area contributed by atoms with Gasteiger partial charge in [0.2, 0.25) is 10.0 Å². The number of rotatable bonds is 3. The zero-order valence-corrected chi connectivity index (χ0v) is 9.29. The Morgan fingerprint density at radius 1 is 1.73 bits per heavy atom. The van der Waals surface area contributed by atoms with Crippen LogP contribution in [0.4, 0.5) is 0 Å². The standard InChI is InChI=1S/C8H14N4O2S/c1-15(13,14)11-6-8-5-9-4-7-2-3-10-12(7)8/h2-3,8-9,11H,4-6H2,1H3/t8-/m1/s1. The van der Waals surface area contributed by atoms with E-state index in [-0.39, 0.29) is 6.04 Å². The van der Waals surface area contributed by atoms with Gasteiger partial charge in [-0.05, 0) is 6.07 Å². The maximum absolute atomic E-state index is 11.0. The van der Waals surface area contributed by atoms with Crippen LogP contribution in [0.3, 0.4) is 0 Å². The van der Waals surface area contributed by atoms with E-state index in [1.165, 1.54) is 0 Å². The molecule has 1 aromatic heterocycles. The van der Waals surface area contributed by atoms with Gasteiger partial charge in [-0.15, -0.1) is 0 Å². The highest BCUT2D eigenvalue weighted by Gasteiger charge is 2.20. The van der Waals surface area contributed by atoms with Gasteiger partial charge >= 0.3 is 0 Å². The van der Waals surface area contributed by atoms with Crippen LogP contribution in [0.2, 0.25) is 0 Å². The van der Waals surface area contributed by atoms with E-state index in [0.29, 0.717) is 6.54 Å². The maximum atomic E-state index is 11.0. The van der Waals surface area contributed by atoms with Crippen LogP contribution in [0.25, 0.3) is 0 Å². The molecular formula is C8H14N4O2S. The van der Waals surface area contributed by atoms with E-state index >= 15 is 0 Å². The highest BCUT2D eigenvalue weighted by molar-refractivity contribution is 7.88. The monoisotopic (exact) mass is 230 g/mol. The third kappa shape index (κ3) is 2.55. The normalized spacial score (nSPS) is 21.3. The molecule has 0 aromatic carbocycles. The summed E-state index contributed by atoms with van der Waals surface area (Å²) in [5, 5.41) is 7.40. The second-order valence-corrected chi connectivity index (χ2v) is 5.51. The molecule has 1 aliphatic rings. The third-order valence-corrected chi connectivity index (χ3v) is 3.06. The van der Waals surface area contributed by atoms with Crippen LogP contribution in [0.5, 0.6) is 0 Å². The van der Waals surface area contributed by atoms with Gasteiger partial charge in [0, 0.05) is 25.8 Å². The quantitative estimate of drug-likeness (QED) is 0.704. The fourth-order valence-electron chi connectivity index (χ4n) is 1.67. The average molecular weight is 230 g/mol. The summed E-state index contributed by atoms with van der Waals surface area (Å²) in [6, 6.07) is 1.98. The first kappa shape index (κ1) is 10.6. The average Bonchev–Trinajstić information content (AvgIpc) is 2.61. The second-order valence-electron chi connectivity index (χ2n) is 3.67. The molecule has 1 atom stereocenters. The van der Waals surface area contributed by atoms with Crippen molar-refractivity contribution in [2.24, 2.45) is 0 Å². The lowest BCUT2D eigenvalue weighted by Crippen LogP contribution is -2.40. The first-order valence-electron chi connectivity index (χ1n) is 4.74. The number of fused-ring (bicyclic) bond motifs is 1. The Hall–Kier alpha value is -0.920. The Balaban J connectivity index is 2.07. The molecule has 0 amide bonds. The Morgan fingerprint density at radius 3 is 3.27 bits per heavy atom. The minimum absolute atomic E-state index is 0.0541. The molecule has 84 valence electrons. The number of nitrogens with zero attached hydrogens (tertiary/aromatic N) is 2. The van der Waals surface area contributed by atoms with Crippen LogP contribution in [0.15, 0.2) is 12.3 Å². The van der Waals surface area contributed by atoms with Crippen molar-refractivity contribution >= 4 is 10.0 Å². The van der Waals surface area contributed by atoms with Crippen LogP contribution >= 0.6 is 0 Å². The van der Waals surface area contributed by atoms with Crippen molar-refractivity contribution < 1.29 is 8.42 Å². The third-order valence-electron chi connectivity index (χ3n) is 2.37. The molecule has 1 aromatic rings. The lowest BCUT2D eigenvalue weighted by molar-refractivity contribution is 0.365. The molecule has 1 aliphatic heterocycles. The van der Waals surface area contributed by atoms with E-state index in [1.807, 2.05) is 10.7 Å². The Bertz CT molecular complexity index is 439. The highest BCUT2D eigenvalue weighted by atomic mass is 32.2. The smallest absolute Gasteiger partial charge is 0.208 e. The molecule has 0 spiro atoms. The topological polar surface area (TPSA) is 76.0 Å². The summed E-state index contributed by atoms with van der Waals surface area (Å²) in [4.78, 5) is 0. The summed E-state index contributed by atoms with van der Waals surface area (Å²) in [5.74, 6) is 0. The summed E-state index contributed by atoms with van der Waals surface area (Å²) in [6.45, 7) is 1.90. The first-order valence-corrected chi connectivity index (χ1v) is 6.63. The first-order chi connectivity index (χ1) is 7.06. The summed E-state index contributed by atoms with van der Waals surface area (Å²) in [5.41, 5.74) is 1.08. The molecule has 2 heterocycles. The maximum Gasteiger partial charge on any atom is 0.208 e. The van der Waals surface area contributed by atoms with Crippen molar-refractivity contribution in [1.82, 2.24) is 19.8 Å². The molecule has 15 heavy (non-hydrogen) atoms. The van der Waals surface area contributed by atoms with Crippen molar-refractivity contribution in [1.29, 1.82) is 0 Å². The number of hydrogen-bond acceptors (Lipinski definition) is 4. The van der Waals surface area contributed by atoms with E-state index < -0.39 is 10.0 Å². The van der Waals surface area contributed by atoms with Gasteiger partial charge in [-0.1, -0.05) is 0 Å². The molecule has 2 N–H and O–H groups in total. The minimum Gasteiger partial charge on any atom is -0.309 e. The number of nitrogens with one attached hydrogen (secondary N) is 2. The van der Waals surface area contributed by atoms with Crippen molar-refractivity contribution in [3.05, 3.63) is 18.0 Å². The van der Waals surface area contributed by atoms with Crippen molar-refractivity contribution in [2.75, 3.05) is 19.3 Å². The lowest BCUT2D eigenvalue weighted by atomic mass is 10.2. The van der Waals surface area contributed by atoms with E-state index in [0.717, 1.165) is 25.0 Å². The van der Waals surface area contributed by atoms with Crippen LogP contribution in [-0.4, -0.2) is 37.5 Å². The fourth-order valence-corrected chi connectivity index (χ4v) is 2.17. The van der Waals surface area contributed by atoms with Gasteiger partial charge in [0.1, 0.15) is 0 Å². The second kappa shape index (κ2) is 3.92. The molecule has 0 unspecified atom stereocenters. The van der Waals surface area contributed by atoms with Gasteiger partial charge in [0.15, 0.2) is 0 Å². The van der Waals surface area contributed by atoms with Gasteiger partial charge in [0.05, 0.1) is 18.0 Å². The number of aromatic nitrogens is 2. The minimum atomic E-state index is -3.13. The predicted molar refractivity (Wildman–Crippen MR) is 55.8 cm³/mol. The van der Waals surface area contributed by atoms with Crippen LogP contribution < -0.4 is 10.0 Å². The summed E-state index contributed by atoms with van der Waals surface area (Å²) in [6.07, 6.45) is 2.89. The lowest BCUT2D eigenvalue weighted by Gasteiger charge is -2.25. The van der Waals surface area contributed by atoms with Crippen molar-refractivity contribution in [3.63, 3.8) is 0 Å². The van der Waals surface area contributed by atoms with Gasteiger partial charge in [-0.3, -0.25) is 4.68 Å². The van der Waals surface area contributed by atoms with E-state index in [1.54, 1.807) is 6.20 Å². The van der Waals surface area contributed by atoms with Crippen LogP contribution in [0, 0.1) is 0 Å². The van der Waals surface area contributed by atoms with Gasteiger partial charge in [-0.2, -0.15) is 5.10 Å². The van der Waals surface area contributed by atoms with E-state index in [2.05, 4.69) is 15.1 Å². The van der Waals surface area contributed by atoms with Crippen molar-refractivity contribution in [3.8, 4) is 0 Å². The zero-order chi connectivity index (χ0) is 10.9. The van der Waals surface area contributed by atoms with E-state index in [4.69, 9.17) is 0 Å². The number of hydrogen-bond donors (Lipinski definition) is 2. The molecule has 0 radical (unpaired) electrons. The zero-order valence-electron chi connectivity index (χ0n) is 8.47. The molecule has 0 saturated carbocycles. The summed E-state index contributed by atoms with van der Waals surface area (Å²) in [7, 11) is -3.13. The van der Waals surface area contributed by atoms with Crippen LogP contribution in [-0.2, 0) is 16.6 Å². The highest BCUT2D eigenvalue weighted by Crippen LogP contribution is 2.12. The molecule has 0 aliphatic carbocycles. The number of sulfonamides is 1. The van der Waals surface area contributed by atoms with Gasteiger partial charge in [-0.25, -0.2) is 13.1 Å². The molecular weight excluding hydrogens is 216 g/mol. The van der Waals surface area contributed by atoms with Gasteiger partial charge in [0.25, 0.3) is 0 Å². The summed E-state index contributed by atoms with van der Waals surface area (Å²) < 4.78 is 26.3. The Morgan fingerprint density at radius 2 is 2.53 bits per heavy atom. The van der Waals surface area contributed by atoms with E-state index in [9.17, 15) is 8.42 Å². The molecule has 0 saturated heterocycles. The Labute approximate surface area is 88.7 Å². The molecule has 7 heteroatoms. The molecule has 2 rings (SSSR count). The Kier molecular flexibility index (Phi) is 2.76. The van der Waals surface area contributed by atoms with Crippen LogP contribution in [0.1, 0.15) is 11.7 Å². The predicted octanol–water partition coefficient (Wildman–Crippen LogP) is -0.923. The molecule has 0 bridgehead atoms. The van der Waals surface area contributed by atoms with Crippen molar-refractivity contribution in [2.45, 2.75) is 12.6 Å². The SMILES string of the molecule is CS(=O)(=O)NC[C@H]1CNCc2ccnn21. The van der Waals surface area contributed by atoms with Gasteiger partial charge < -0.3 is 5.32 Å². The molecule has 0 fully saturated rings. The summed E-state index contributed by atoms with van der Waals surface area (Å²) >= 11 is 0. The molecule has 6 nitrogen and oxygen atoms in total. The fraction of sp³-hybridized carbons (Fsp3) is 0.625. The largest absolute Gasteiger partial charge is 0.309 e.